The molecule has 0 aromatic rings. The quantitative estimate of drug-likeness (QED) is 0.112. The average molecular weight is 578 g/mol. The summed E-state index contributed by atoms with van der Waals surface area (Å²) >= 11 is 3.96. The summed E-state index contributed by atoms with van der Waals surface area (Å²) in [5.41, 5.74) is 0.349. The van der Waals surface area contributed by atoms with E-state index in [1.54, 1.807) is 6.92 Å². The normalized spacial score (nSPS) is 38.8. The molecular weight excluding hydrogens is 550 g/mol. The molecule has 0 aromatic carbocycles. The van der Waals surface area contributed by atoms with Gasteiger partial charge in [0.1, 0.15) is 24.3 Å². The van der Waals surface area contributed by atoms with Crippen LogP contribution in [-0.4, -0.2) is 103 Å². The van der Waals surface area contributed by atoms with Crippen molar-refractivity contribution in [1.29, 1.82) is 0 Å². The molecule has 3 aliphatic heterocycles. The molecule has 0 radical (unpaired) electrons. The number of aliphatic hydroxyl groups excluding tert-OH is 4. The Kier molecular flexibility index (Phi) is 9.46. The van der Waals surface area contributed by atoms with E-state index in [1.807, 2.05) is 0 Å². The zero-order chi connectivity index (χ0) is 27.0. The number of hydrogen-bond acceptors (Lipinski definition) is 14. The number of carbonyl (C=O) groups is 1. The van der Waals surface area contributed by atoms with Crippen LogP contribution in [0.3, 0.4) is 0 Å². The number of thiol groups is 1. The van der Waals surface area contributed by atoms with E-state index in [1.165, 1.54) is 11.1 Å². The van der Waals surface area contributed by atoms with Crippen LogP contribution < -0.4 is 5.32 Å². The van der Waals surface area contributed by atoms with Crippen LogP contribution in [0.15, 0.2) is 24.2 Å². The fourth-order valence-corrected chi connectivity index (χ4v) is 6.06. The van der Waals surface area contributed by atoms with Crippen LogP contribution in [0.2, 0.25) is 0 Å². The topological polar surface area (TPSA) is 234 Å². The number of nitrogens with zero attached hydrogens (tertiary/aromatic N) is 1. The second-order valence-corrected chi connectivity index (χ2v) is 11.8. The number of aliphatic hydroxyl groups is 4. The van der Waals surface area contributed by atoms with Crippen molar-refractivity contribution >= 4 is 34.2 Å². The number of ether oxygens (including phenoxy) is 2. The van der Waals surface area contributed by atoms with Crippen LogP contribution in [0.25, 0.3) is 0 Å². The van der Waals surface area contributed by atoms with Gasteiger partial charge in [-0.3, -0.25) is 13.8 Å². The van der Waals surface area contributed by atoms with Crippen LogP contribution in [0.1, 0.15) is 13.3 Å². The summed E-state index contributed by atoms with van der Waals surface area (Å²) in [5.74, 6) is -0.175. The van der Waals surface area contributed by atoms with E-state index in [2.05, 4.69) is 37.9 Å². The first-order chi connectivity index (χ1) is 16.6. The molecule has 0 aliphatic carbocycles. The van der Waals surface area contributed by atoms with Crippen LogP contribution in [0.4, 0.5) is 0 Å². The van der Waals surface area contributed by atoms with Gasteiger partial charge in [0.05, 0.1) is 36.8 Å². The molecule has 206 valence electrons. The molecule has 7 N–H and O–H groups in total. The highest BCUT2D eigenvalue weighted by atomic mass is 32.1. The Bertz CT molecular complexity index is 981. The summed E-state index contributed by atoms with van der Waals surface area (Å²) in [6.45, 7) is 3.80. The fourth-order valence-electron chi connectivity index (χ4n) is 3.56. The highest BCUT2D eigenvalue weighted by Crippen LogP contribution is 2.61. The highest BCUT2D eigenvalue weighted by molar-refractivity contribution is 7.81. The minimum Gasteiger partial charge on any atom is -0.394 e. The number of rotatable bonds is 9. The maximum absolute atomic E-state index is 12.2. The molecule has 36 heavy (non-hydrogen) atoms. The van der Waals surface area contributed by atoms with Crippen molar-refractivity contribution in [2.45, 2.75) is 61.6 Å². The van der Waals surface area contributed by atoms with E-state index >= 15 is 0 Å². The van der Waals surface area contributed by atoms with Gasteiger partial charge >= 0.3 is 15.6 Å². The van der Waals surface area contributed by atoms with Crippen molar-refractivity contribution in [3.8, 4) is 0 Å². The lowest BCUT2D eigenvalue weighted by Gasteiger charge is -2.40. The summed E-state index contributed by atoms with van der Waals surface area (Å²) in [6.07, 6.45) is -8.49. The molecule has 0 bridgehead atoms. The molecule has 10 atom stereocenters. The molecule has 3 heterocycles. The predicted octanol–water partition coefficient (Wildman–Crippen LogP) is -1.74. The Morgan fingerprint density at radius 1 is 1.19 bits per heavy atom. The predicted molar refractivity (Wildman–Crippen MR) is 120 cm³/mol. The second kappa shape index (κ2) is 11.5. The zero-order valence-corrected chi connectivity index (χ0v) is 21.4. The summed E-state index contributed by atoms with van der Waals surface area (Å²) in [5, 5.41) is 40.9. The minimum atomic E-state index is -5.45. The van der Waals surface area contributed by atoms with Gasteiger partial charge in [-0.1, -0.05) is 6.58 Å². The molecule has 2 saturated heterocycles. The number of phosphoric acid groups is 2. The van der Waals surface area contributed by atoms with Crippen LogP contribution >= 0.6 is 28.3 Å². The summed E-state index contributed by atoms with van der Waals surface area (Å²) in [6, 6.07) is 0. The first-order valence-electron chi connectivity index (χ1n) is 10.4. The van der Waals surface area contributed by atoms with Crippen molar-refractivity contribution < 1.29 is 67.0 Å². The first-order valence-corrected chi connectivity index (χ1v) is 14.0. The molecule has 19 heteroatoms. The molecule has 3 aliphatic rings. The number of phosphoric ester groups is 2. The lowest BCUT2D eigenvalue weighted by molar-refractivity contribution is -0.241. The number of carbonyl (C=O) groups excluding carboxylic acids is 1. The van der Waals surface area contributed by atoms with Crippen molar-refractivity contribution in [2.24, 2.45) is 0 Å². The summed E-state index contributed by atoms with van der Waals surface area (Å²) < 4.78 is 48.6. The van der Waals surface area contributed by atoms with Gasteiger partial charge in [-0.2, -0.15) is 16.9 Å². The first kappa shape index (κ1) is 29.7. The van der Waals surface area contributed by atoms with E-state index in [4.69, 9.17) is 9.47 Å². The van der Waals surface area contributed by atoms with Crippen molar-refractivity contribution in [3.05, 3.63) is 24.2 Å². The maximum Gasteiger partial charge on any atom is 0.483 e. The van der Waals surface area contributed by atoms with Crippen LogP contribution in [0.5, 0.6) is 0 Å². The SMILES string of the molecule is C=C1NC(=O)C(C)=CN1[C@H]1CC(O)[C@@H](COP(=O)(O)OP(=O)(O)O[C@H]2OC(CO)[C@@H](S)[C@H](O)C2O)O1. The van der Waals surface area contributed by atoms with Crippen LogP contribution in [-0.2, 0) is 36.8 Å². The number of nitrogens with one attached hydrogen (secondary N) is 1. The molecule has 1 amide bonds. The Balaban J connectivity index is 1.56. The van der Waals surface area contributed by atoms with Crippen LogP contribution in [0, 0.1) is 0 Å². The lowest BCUT2D eigenvalue weighted by Crippen LogP contribution is -2.57. The molecule has 2 fully saturated rings. The van der Waals surface area contributed by atoms with E-state index < -0.39 is 77.1 Å². The molecule has 16 nitrogen and oxygen atoms in total. The van der Waals surface area contributed by atoms with Gasteiger partial charge in [-0.25, -0.2) is 9.13 Å². The second-order valence-electron chi connectivity index (χ2n) is 8.17. The highest BCUT2D eigenvalue weighted by Gasteiger charge is 2.48. The van der Waals surface area contributed by atoms with E-state index in [0.29, 0.717) is 5.57 Å². The molecule has 0 spiro atoms. The van der Waals surface area contributed by atoms with Crippen molar-refractivity contribution in [1.82, 2.24) is 10.2 Å². The van der Waals surface area contributed by atoms with Gasteiger partial charge in [-0.15, -0.1) is 0 Å². The van der Waals surface area contributed by atoms with Crippen molar-refractivity contribution in [3.63, 3.8) is 0 Å². The van der Waals surface area contributed by atoms with Gasteiger partial charge in [0.15, 0.2) is 6.29 Å². The number of amides is 1. The monoisotopic (exact) mass is 578 g/mol. The molecule has 3 rings (SSSR count). The maximum atomic E-state index is 12.2. The fraction of sp³-hybridized carbons (Fsp3) is 0.706. The molecule has 5 unspecified atom stereocenters. The van der Waals surface area contributed by atoms with E-state index in [9.17, 15) is 44.1 Å². The van der Waals surface area contributed by atoms with Crippen molar-refractivity contribution in [2.75, 3.05) is 13.2 Å². The van der Waals surface area contributed by atoms with Gasteiger partial charge in [0.25, 0.3) is 5.91 Å². The Morgan fingerprint density at radius 3 is 2.50 bits per heavy atom. The Hall–Kier alpha value is -0.880. The van der Waals surface area contributed by atoms with E-state index in [0.717, 1.165) is 0 Å². The van der Waals surface area contributed by atoms with Gasteiger partial charge < -0.3 is 49.9 Å². The Morgan fingerprint density at radius 2 is 1.86 bits per heavy atom. The van der Waals surface area contributed by atoms with Gasteiger partial charge in [0.2, 0.25) is 0 Å². The summed E-state index contributed by atoms with van der Waals surface area (Å²) in [4.78, 5) is 32.9. The lowest BCUT2D eigenvalue weighted by atomic mass is 10.0. The third kappa shape index (κ3) is 6.95. The minimum absolute atomic E-state index is 0.00226. The number of hydrogen-bond donors (Lipinski definition) is 8. The van der Waals surface area contributed by atoms with Gasteiger partial charge in [-0.05, 0) is 6.92 Å². The van der Waals surface area contributed by atoms with Gasteiger partial charge in [0, 0.05) is 18.2 Å². The largest absolute Gasteiger partial charge is 0.483 e. The molecule has 0 aromatic heterocycles. The summed E-state index contributed by atoms with van der Waals surface area (Å²) in [7, 11) is -10.8. The zero-order valence-electron chi connectivity index (χ0n) is 18.8. The molecular formula is C17H28N2O14P2S. The third-order valence-corrected chi connectivity index (χ3v) is 8.71. The third-order valence-electron chi connectivity index (χ3n) is 5.47. The average Bonchev–Trinajstić information content (AvgIpc) is 3.14. The molecule has 0 saturated carbocycles. The standard InChI is InChI=1S/C17H28N2O14P2S/c1-7-4-19(8(2)18-16(7)24)12-3-9(21)11(30-12)6-29-34(25,26)33-35(27,28)32-17-14(23)13(22)15(36)10(5-20)31-17/h4,9-15,17,20-23,36H,2-3,5-6H2,1H3,(H,18,24)(H,25,26)(H,27,28)/t9?,10?,11-,12-,13-,14?,15-,17-/m1/s1. The Labute approximate surface area is 210 Å². The smallest absolute Gasteiger partial charge is 0.394 e. The van der Waals surface area contributed by atoms with E-state index in [-0.39, 0.29) is 18.1 Å².